The molecule has 0 bridgehead atoms. The normalized spacial score (nSPS) is 11.0. The molecule has 3 rings (SSSR count). The number of carbonyl (C=O) groups is 1. The largest absolute Gasteiger partial charge is 0.478 e. The number of fused-ring (bicyclic) bond motifs is 1. The van der Waals surface area contributed by atoms with Gasteiger partial charge in [-0.15, -0.1) is 0 Å². The number of carboxylic acids is 1. The minimum atomic E-state index is -1.05. The minimum Gasteiger partial charge on any atom is -0.478 e. The Morgan fingerprint density at radius 2 is 1.86 bits per heavy atom. The van der Waals surface area contributed by atoms with E-state index in [0.29, 0.717) is 10.9 Å². The van der Waals surface area contributed by atoms with Crippen molar-refractivity contribution < 1.29 is 18.7 Å². The Morgan fingerprint density at radius 3 is 2.62 bits per heavy atom. The smallest absolute Gasteiger partial charge is 0.337 e. The molecular formula is C16H11F2NO2. The van der Waals surface area contributed by atoms with Gasteiger partial charge in [0.2, 0.25) is 0 Å². The van der Waals surface area contributed by atoms with Gasteiger partial charge in [0.25, 0.3) is 0 Å². The third kappa shape index (κ3) is 2.27. The van der Waals surface area contributed by atoms with E-state index in [1.54, 1.807) is 28.8 Å². The van der Waals surface area contributed by atoms with Gasteiger partial charge in [0.15, 0.2) is 11.6 Å². The average molecular weight is 287 g/mol. The van der Waals surface area contributed by atoms with E-state index in [1.807, 2.05) is 0 Å². The highest BCUT2D eigenvalue weighted by Crippen LogP contribution is 2.23. The lowest BCUT2D eigenvalue weighted by atomic mass is 10.2. The van der Waals surface area contributed by atoms with Gasteiger partial charge in [-0.1, -0.05) is 30.3 Å². The summed E-state index contributed by atoms with van der Waals surface area (Å²) in [5, 5.41) is 9.78. The zero-order chi connectivity index (χ0) is 15.0. The fourth-order valence-corrected chi connectivity index (χ4v) is 2.40. The first-order valence-corrected chi connectivity index (χ1v) is 6.32. The van der Waals surface area contributed by atoms with E-state index in [1.165, 1.54) is 18.3 Å². The maximum atomic E-state index is 13.7. The number of aromatic nitrogens is 1. The number of benzene rings is 2. The van der Waals surface area contributed by atoms with Gasteiger partial charge in [0.05, 0.1) is 12.1 Å². The van der Waals surface area contributed by atoms with Crippen LogP contribution >= 0.6 is 0 Å². The molecule has 0 fully saturated rings. The van der Waals surface area contributed by atoms with Crippen LogP contribution in [0.3, 0.4) is 0 Å². The van der Waals surface area contributed by atoms with Crippen molar-refractivity contribution >= 4 is 16.9 Å². The highest BCUT2D eigenvalue weighted by molar-refractivity contribution is 6.03. The molecule has 0 aliphatic heterocycles. The number of aromatic carboxylic acids is 1. The zero-order valence-electron chi connectivity index (χ0n) is 10.9. The van der Waals surface area contributed by atoms with Crippen LogP contribution in [0.1, 0.15) is 15.9 Å². The molecule has 1 N–H and O–H groups in total. The predicted molar refractivity (Wildman–Crippen MR) is 74.4 cm³/mol. The lowest BCUT2D eigenvalue weighted by molar-refractivity contribution is 0.0699. The van der Waals surface area contributed by atoms with E-state index in [4.69, 9.17) is 0 Å². The van der Waals surface area contributed by atoms with Crippen LogP contribution in [0, 0.1) is 11.6 Å². The second kappa shape index (κ2) is 5.01. The van der Waals surface area contributed by atoms with Gasteiger partial charge in [-0.2, -0.15) is 0 Å². The Labute approximate surface area is 119 Å². The SMILES string of the molecule is O=C(O)c1cn(Cc2cccc(F)c2F)c2ccccc12. The highest BCUT2D eigenvalue weighted by Gasteiger charge is 2.15. The summed E-state index contributed by atoms with van der Waals surface area (Å²) >= 11 is 0. The molecule has 0 radical (unpaired) electrons. The van der Waals surface area contributed by atoms with Crippen LogP contribution in [-0.2, 0) is 6.54 Å². The van der Waals surface area contributed by atoms with Crippen LogP contribution in [0.15, 0.2) is 48.7 Å². The first-order valence-electron chi connectivity index (χ1n) is 6.32. The molecule has 0 unspecified atom stereocenters. The maximum Gasteiger partial charge on any atom is 0.337 e. The van der Waals surface area contributed by atoms with Crippen LogP contribution in [0.2, 0.25) is 0 Å². The monoisotopic (exact) mass is 287 g/mol. The summed E-state index contributed by atoms with van der Waals surface area (Å²) in [5.41, 5.74) is 0.980. The molecule has 5 heteroatoms. The number of rotatable bonds is 3. The molecule has 0 saturated heterocycles. The molecule has 1 aromatic heterocycles. The molecular weight excluding hydrogens is 276 g/mol. The van der Waals surface area contributed by atoms with E-state index in [-0.39, 0.29) is 17.7 Å². The second-order valence-corrected chi connectivity index (χ2v) is 4.71. The van der Waals surface area contributed by atoms with E-state index >= 15 is 0 Å². The zero-order valence-corrected chi connectivity index (χ0v) is 10.9. The minimum absolute atomic E-state index is 0.0669. The molecule has 106 valence electrons. The molecule has 0 spiro atoms. The number of hydrogen-bond donors (Lipinski definition) is 1. The van der Waals surface area contributed by atoms with Crippen molar-refractivity contribution in [3.05, 3.63) is 71.4 Å². The summed E-state index contributed by atoms with van der Waals surface area (Å²) in [6.45, 7) is 0.0669. The van der Waals surface area contributed by atoms with Gasteiger partial charge in [-0.05, 0) is 12.1 Å². The summed E-state index contributed by atoms with van der Waals surface area (Å²) < 4.78 is 28.6. The van der Waals surface area contributed by atoms with Crippen LogP contribution in [-0.4, -0.2) is 15.6 Å². The second-order valence-electron chi connectivity index (χ2n) is 4.71. The predicted octanol–water partition coefficient (Wildman–Crippen LogP) is 3.67. The summed E-state index contributed by atoms with van der Waals surface area (Å²) in [6.07, 6.45) is 1.44. The molecule has 0 saturated carbocycles. The first-order chi connectivity index (χ1) is 10.1. The van der Waals surface area contributed by atoms with E-state index in [9.17, 15) is 18.7 Å². The maximum absolute atomic E-state index is 13.7. The average Bonchev–Trinajstić information content (AvgIpc) is 2.83. The fraction of sp³-hybridized carbons (Fsp3) is 0.0625. The molecule has 0 aliphatic carbocycles. The van der Waals surface area contributed by atoms with Crippen molar-refractivity contribution in [3.63, 3.8) is 0 Å². The van der Waals surface area contributed by atoms with Gasteiger partial charge in [-0.25, -0.2) is 13.6 Å². The van der Waals surface area contributed by atoms with Crippen LogP contribution < -0.4 is 0 Å². The quantitative estimate of drug-likeness (QED) is 0.798. The van der Waals surface area contributed by atoms with Crippen LogP contribution in [0.5, 0.6) is 0 Å². The number of carboxylic acid groups (broad SMARTS) is 1. The van der Waals surface area contributed by atoms with Crippen molar-refractivity contribution in [1.82, 2.24) is 4.57 Å². The van der Waals surface area contributed by atoms with Crippen molar-refractivity contribution in [1.29, 1.82) is 0 Å². The van der Waals surface area contributed by atoms with Crippen molar-refractivity contribution in [2.24, 2.45) is 0 Å². The lowest BCUT2D eigenvalue weighted by Gasteiger charge is -2.07. The molecule has 1 heterocycles. The standard InChI is InChI=1S/C16H11F2NO2/c17-13-6-3-4-10(15(13)18)8-19-9-12(16(20)21)11-5-1-2-7-14(11)19/h1-7,9H,8H2,(H,20,21). The van der Waals surface area contributed by atoms with Crippen molar-refractivity contribution in [2.45, 2.75) is 6.54 Å². The summed E-state index contributed by atoms with van der Waals surface area (Å²) in [4.78, 5) is 11.3. The highest BCUT2D eigenvalue weighted by atomic mass is 19.2. The summed E-state index contributed by atoms with van der Waals surface area (Å²) in [7, 11) is 0. The number of hydrogen-bond acceptors (Lipinski definition) is 1. The van der Waals surface area contributed by atoms with Crippen molar-refractivity contribution in [2.75, 3.05) is 0 Å². The molecule has 3 aromatic rings. The van der Waals surface area contributed by atoms with Crippen LogP contribution in [0.25, 0.3) is 10.9 Å². The number of halogens is 2. The lowest BCUT2D eigenvalue weighted by Crippen LogP contribution is -2.02. The van der Waals surface area contributed by atoms with Gasteiger partial charge < -0.3 is 9.67 Å². The first kappa shape index (κ1) is 13.3. The fourth-order valence-electron chi connectivity index (χ4n) is 2.40. The summed E-state index contributed by atoms with van der Waals surface area (Å²) in [5.74, 6) is -2.88. The Bertz CT molecular complexity index is 839. The number of nitrogens with zero attached hydrogens (tertiary/aromatic N) is 1. The number of para-hydroxylation sites is 1. The molecule has 2 aromatic carbocycles. The molecule has 3 nitrogen and oxygen atoms in total. The van der Waals surface area contributed by atoms with Gasteiger partial charge in [0.1, 0.15) is 0 Å². The topological polar surface area (TPSA) is 42.2 Å². The summed E-state index contributed by atoms with van der Waals surface area (Å²) in [6, 6.07) is 10.9. The molecule has 21 heavy (non-hydrogen) atoms. The van der Waals surface area contributed by atoms with Gasteiger partial charge >= 0.3 is 5.97 Å². The Kier molecular flexibility index (Phi) is 3.17. The van der Waals surface area contributed by atoms with Crippen LogP contribution in [0.4, 0.5) is 8.78 Å². The third-order valence-corrected chi connectivity index (χ3v) is 3.39. The van der Waals surface area contributed by atoms with E-state index in [2.05, 4.69) is 0 Å². The van der Waals surface area contributed by atoms with Gasteiger partial charge in [0, 0.05) is 22.7 Å². The van der Waals surface area contributed by atoms with E-state index in [0.717, 1.165) is 6.07 Å². The molecule has 0 amide bonds. The third-order valence-electron chi connectivity index (χ3n) is 3.39. The Balaban J connectivity index is 2.13. The Hall–Kier alpha value is -2.69. The van der Waals surface area contributed by atoms with E-state index < -0.39 is 17.6 Å². The Morgan fingerprint density at radius 1 is 1.10 bits per heavy atom. The molecule has 0 atom stereocenters. The van der Waals surface area contributed by atoms with Crippen molar-refractivity contribution in [3.8, 4) is 0 Å². The van der Waals surface area contributed by atoms with Gasteiger partial charge in [-0.3, -0.25) is 0 Å². The molecule has 0 aliphatic rings.